The maximum absolute atomic E-state index is 3.30. The Morgan fingerprint density at radius 3 is 2.64 bits per heavy atom. The Morgan fingerprint density at radius 1 is 1.00 bits per heavy atom. The van der Waals surface area contributed by atoms with Gasteiger partial charge in [-0.15, -0.1) is 0 Å². The number of nitrogens with one attached hydrogen (secondary N) is 1. The molecule has 1 heteroatoms. The van der Waals surface area contributed by atoms with Crippen molar-refractivity contribution in [1.29, 1.82) is 0 Å². The molecule has 0 bridgehead atoms. The zero-order valence-corrected chi connectivity index (χ0v) is 7.77. The Labute approximate surface area is 82.8 Å². The minimum atomic E-state index is 0.450. The summed E-state index contributed by atoms with van der Waals surface area (Å²) >= 11 is 0. The van der Waals surface area contributed by atoms with Gasteiger partial charge in [-0.05, 0) is 11.6 Å². The Hall–Kier alpha value is -1.76. The molecular formula is C13H11N. The molecule has 14 heavy (non-hydrogen) atoms. The van der Waals surface area contributed by atoms with Crippen molar-refractivity contribution in [2.24, 2.45) is 0 Å². The summed E-state index contributed by atoms with van der Waals surface area (Å²) in [5.41, 5.74) is 2.59. The summed E-state index contributed by atoms with van der Waals surface area (Å²) < 4.78 is 0. The van der Waals surface area contributed by atoms with Crippen LogP contribution in [0, 0.1) is 0 Å². The number of benzene rings is 1. The van der Waals surface area contributed by atoms with E-state index in [1.807, 2.05) is 0 Å². The van der Waals surface area contributed by atoms with Crippen molar-refractivity contribution in [2.45, 2.75) is 5.92 Å². The van der Waals surface area contributed by atoms with Crippen molar-refractivity contribution in [3.8, 4) is 0 Å². The van der Waals surface area contributed by atoms with Crippen LogP contribution in [0.5, 0.6) is 0 Å². The van der Waals surface area contributed by atoms with Gasteiger partial charge in [-0.2, -0.15) is 0 Å². The SMILES string of the molecule is C1=CC(c2c[nH]c3ccccc23)C=C1. The molecule has 1 aromatic heterocycles. The fourth-order valence-corrected chi connectivity index (χ4v) is 2.01. The smallest absolute Gasteiger partial charge is 0.0457 e. The topological polar surface area (TPSA) is 15.8 Å². The van der Waals surface area contributed by atoms with Crippen LogP contribution in [0.3, 0.4) is 0 Å². The summed E-state index contributed by atoms with van der Waals surface area (Å²) in [5, 5.41) is 1.33. The zero-order chi connectivity index (χ0) is 9.38. The second-order valence-electron chi connectivity index (χ2n) is 3.59. The van der Waals surface area contributed by atoms with Gasteiger partial charge in [-0.3, -0.25) is 0 Å². The first kappa shape index (κ1) is 7.63. The molecule has 1 N–H and O–H groups in total. The van der Waals surface area contributed by atoms with Crippen LogP contribution in [-0.2, 0) is 0 Å². The predicted octanol–water partition coefficient (Wildman–Crippen LogP) is 3.38. The van der Waals surface area contributed by atoms with E-state index in [1.54, 1.807) is 0 Å². The monoisotopic (exact) mass is 181 g/mol. The fraction of sp³-hybridized carbons (Fsp3) is 0.0769. The number of para-hydroxylation sites is 1. The second kappa shape index (κ2) is 2.88. The maximum atomic E-state index is 3.30. The number of H-pyrrole nitrogens is 1. The van der Waals surface area contributed by atoms with Crippen LogP contribution in [0.1, 0.15) is 11.5 Å². The first-order valence-corrected chi connectivity index (χ1v) is 4.86. The van der Waals surface area contributed by atoms with Crippen molar-refractivity contribution < 1.29 is 0 Å². The minimum Gasteiger partial charge on any atom is -0.361 e. The molecule has 0 fully saturated rings. The first-order chi connectivity index (χ1) is 6.95. The van der Waals surface area contributed by atoms with E-state index in [4.69, 9.17) is 0 Å². The fourth-order valence-electron chi connectivity index (χ4n) is 2.01. The van der Waals surface area contributed by atoms with E-state index in [-0.39, 0.29) is 0 Å². The number of aromatic amines is 1. The van der Waals surface area contributed by atoms with Gasteiger partial charge in [0.05, 0.1) is 0 Å². The molecule has 1 heterocycles. The Kier molecular flexibility index (Phi) is 1.57. The van der Waals surface area contributed by atoms with Crippen LogP contribution in [0.15, 0.2) is 54.8 Å². The van der Waals surface area contributed by atoms with Crippen molar-refractivity contribution in [3.05, 3.63) is 60.3 Å². The highest BCUT2D eigenvalue weighted by Gasteiger charge is 2.11. The third-order valence-corrected chi connectivity index (χ3v) is 2.73. The third kappa shape index (κ3) is 1.02. The quantitative estimate of drug-likeness (QED) is 0.694. The van der Waals surface area contributed by atoms with Crippen molar-refractivity contribution in [1.82, 2.24) is 4.98 Å². The lowest BCUT2D eigenvalue weighted by Crippen LogP contribution is -1.85. The minimum absolute atomic E-state index is 0.450. The molecule has 0 atom stereocenters. The molecule has 0 spiro atoms. The van der Waals surface area contributed by atoms with E-state index in [1.165, 1.54) is 16.5 Å². The van der Waals surface area contributed by atoms with E-state index in [0.29, 0.717) is 5.92 Å². The zero-order valence-electron chi connectivity index (χ0n) is 7.77. The van der Waals surface area contributed by atoms with E-state index in [0.717, 1.165) is 0 Å². The predicted molar refractivity (Wildman–Crippen MR) is 59.3 cm³/mol. The molecule has 1 aliphatic carbocycles. The summed E-state index contributed by atoms with van der Waals surface area (Å²) in [6, 6.07) is 8.42. The van der Waals surface area contributed by atoms with Crippen LogP contribution in [0.2, 0.25) is 0 Å². The lowest BCUT2D eigenvalue weighted by molar-refractivity contribution is 1.12. The molecule has 0 saturated carbocycles. The molecule has 0 unspecified atom stereocenters. The molecule has 0 radical (unpaired) electrons. The van der Waals surface area contributed by atoms with Gasteiger partial charge in [0, 0.05) is 23.0 Å². The van der Waals surface area contributed by atoms with E-state index >= 15 is 0 Å². The van der Waals surface area contributed by atoms with Crippen molar-refractivity contribution in [3.63, 3.8) is 0 Å². The van der Waals surface area contributed by atoms with Crippen LogP contribution < -0.4 is 0 Å². The molecule has 3 rings (SSSR count). The number of aromatic nitrogens is 1. The Morgan fingerprint density at radius 2 is 1.79 bits per heavy atom. The van der Waals surface area contributed by atoms with E-state index < -0.39 is 0 Å². The molecule has 1 nitrogen and oxygen atoms in total. The molecule has 0 aliphatic heterocycles. The van der Waals surface area contributed by atoms with Gasteiger partial charge in [0.25, 0.3) is 0 Å². The third-order valence-electron chi connectivity index (χ3n) is 2.73. The second-order valence-corrected chi connectivity index (χ2v) is 3.59. The first-order valence-electron chi connectivity index (χ1n) is 4.86. The molecule has 1 aromatic carbocycles. The van der Waals surface area contributed by atoms with Crippen LogP contribution in [-0.4, -0.2) is 4.98 Å². The molecule has 0 amide bonds. The van der Waals surface area contributed by atoms with Gasteiger partial charge in [0.1, 0.15) is 0 Å². The Bertz CT molecular complexity index is 505. The number of hydrogen-bond acceptors (Lipinski definition) is 0. The van der Waals surface area contributed by atoms with Crippen molar-refractivity contribution in [2.75, 3.05) is 0 Å². The lowest BCUT2D eigenvalue weighted by atomic mass is 10.0. The summed E-state index contributed by atoms with van der Waals surface area (Å²) in [6.45, 7) is 0. The number of allylic oxidation sites excluding steroid dienone is 4. The summed E-state index contributed by atoms with van der Waals surface area (Å²) in [7, 11) is 0. The van der Waals surface area contributed by atoms with Gasteiger partial charge in [-0.1, -0.05) is 42.5 Å². The van der Waals surface area contributed by atoms with Crippen LogP contribution in [0.25, 0.3) is 10.9 Å². The highest BCUT2D eigenvalue weighted by Crippen LogP contribution is 2.29. The molecular weight excluding hydrogens is 170 g/mol. The van der Waals surface area contributed by atoms with Crippen LogP contribution >= 0.6 is 0 Å². The average molecular weight is 181 g/mol. The van der Waals surface area contributed by atoms with E-state index in [9.17, 15) is 0 Å². The van der Waals surface area contributed by atoms with Crippen molar-refractivity contribution >= 4 is 10.9 Å². The highest BCUT2D eigenvalue weighted by molar-refractivity contribution is 5.84. The molecule has 0 saturated heterocycles. The van der Waals surface area contributed by atoms with Crippen LogP contribution in [0.4, 0.5) is 0 Å². The van der Waals surface area contributed by atoms with Gasteiger partial charge >= 0.3 is 0 Å². The highest BCUT2D eigenvalue weighted by atomic mass is 14.7. The molecule has 68 valence electrons. The number of rotatable bonds is 1. The van der Waals surface area contributed by atoms with Gasteiger partial charge in [0.15, 0.2) is 0 Å². The number of fused-ring (bicyclic) bond motifs is 1. The largest absolute Gasteiger partial charge is 0.361 e. The maximum Gasteiger partial charge on any atom is 0.0457 e. The van der Waals surface area contributed by atoms with Gasteiger partial charge in [-0.25, -0.2) is 0 Å². The van der Waals surface area contributed by atoms with E-state index in [2.05, 4.69) is 59.8 Å². The lowest BCUT2D eigenvalue weighted by Gasteiger charge is -2.02. The summed E-state index contributed by atoms with van der Waals surface area (Å²) in [4.78, 5) is 3.30. The number of hydrogen-bond donors (Lipinski definition) is 1. The standard InChI is InChI=1S/C13H11N/c1-2-6-10(5-1)12-9-14-13-8-4-3-7-11(12)13/h1-10,14H. The Balaban J connectivity index is 2.21. The normalized spacial score (nSPS) is 15.7. The summed E-state index contributed by atoms with van der Waals surface area (Å²) in [6.07, 6.45) is 10.7. The molecule has 2 aromatic rings. The van der Waals surface area contributed by atoms with Gasteiger partial charge < -0.3 is 4.98 Å². The average Bonchev–Trinajstić information content (AvgIpc) is 2.85. The van der Waals surface area contributed by atoms with Gasteiger partial charge in [0.2, 0.25) is 0 Å². The molecule has 1 aliphatic rings. The summed E-state index contributed by atoms with van der Waals surface area (Å²) in [5.74, 6) is 0.450.